The molecule has 0 bridgehead atoms. The molecule has 0 atom stereocenters. The summed E-state index contributed by atoms with van der Waals surface area (Å²) in [4.78, 5) is 15.6. The highest BCUT2D eigenvalue weighted by Crippen LogP contribution is 2.24. The Bertz CT molecular complexity index is 459. The zero-order valence-electron chi connectivity index (χ0n) is 12.7. The molecule has 0 heterocycles. The molecule has 0 aromatic heterocycles. The van der Waals surface area contributed by atoms with Crippen molar-refractivity contribution in [2.75, 3.05) is 0 Å². The van der Waals surface area contributed by atoms with Gasteiger partial charge in [0.25, 0.3) is 0 Å². The average molecular weight is 261 g/mol. The van der Waals surface area contributed by atoms with Crippen molar-refractivity contribution in [3.63, 3.8) is 0 Å². The van der Waals surface area contributed by atoms with Gasteiger partial charge >= 0.3 is 5.97 Å². The molecule has 0 unspecified atom stereocenters. The Labute approximate surface area is 115 Å². The van der Waals surface area contributed by atoms with Gasteiger partial charge in [-0.1, -0.05) is 32.9 Å². The van der Waals surface area contributed by atoms with Gasteiger partial charge in [0.1, 0.15) is 11.8 Å². The van der Waals surface area contributed by atoms with Crippen LogP contribution < -0.4 is 0 Å². The lowest BCUT2D eigenvalue weighted by Crippen LogP contribution is -2.24. The van der Waals surface area contributed by atoms with Gasteiger partial charge in [-0.2, -0.15) is 0 Å². The topological polar surface area (TPSA) is 38.7 Å². The highest BCUT2D eigenvalue weighted by molar-refractivity contribution is 6.23. The summed E-state index contributed by atoms with van der Waals surface area (Å²) < 4.78 is 5.15. The van der Waals surface area contributed by atoms with Crippen molar-refractivity contribution >= 4 is 17.9 Å². The van der Waals surface area contributed by atoms with E-state index in [2.05, 4.69) is 25.8 Å². The molecule has 0 aliphatic carbocycles. The Balaban J connectivity index is 2.71. The minimum atomic E-state index is -0.487. The third kappa shape index (κ3) is 5.69. The number of hydrogen-bond donors (Lipinski definition) is 0. The number of benzene rings is 1. The predicted octanol–water partition coefficient (Wildman–Crippen LogP) is 4.03. The van der Waals surface area contributed by atoms with Gasteiger partial charge < -0.3 is 4.74 Å². The third-order valence-corrected chi connectivity index (χ3v) is 2.46. The quantitative estimate of drug-likeness (QED) is 0.595. The smallest absolute Gasteiger partial charge is 0.349 e. The number of aliphatic imine (C=N–C) groups is 1. The van der Waals surface area contributed by atoms with Crippen molar-refractivity contribution in [3.8, 4) is 0 Å². The minimum absolute atomic E-state index is 0.118. The number of hydrogen-bond acceptors (Lipinski definition) is 3. The molecule has 3 heteroatoms. The molecule has 0 spiro atoms. The molecule has 1 aromatic carbocycles. The van der Waals surface area contributed by atoms with Crippen LogP contribution in [0.2, 0.25) is 0 Å². The maximum atomic E-state index is 11.5. The van der Waals surface area contributed by atoms with E-state index in [0.717, 1.165) is 5.69 Å². The van der Waals surface area contributed by atoms with Gasteiger partial charge in [-0.15, -0.1) is 0 Å². The standard InChI is InChI=1S/C16H23NO2/c1-15(2,3)12-7-9-13(10-8-12)17-11-14(18)19-16(4,5)6/h7-11H,1-6H3. The van der Waals surface area contributed by atoms with Crippen LogP contribution in [0, 0.1) is 0 Å². The van der Waals surface area contributed by atoms with Crippen LogP contribution in [0.3, 0.4) is 0 Å². The Morgan fingerprint density at radius 3 is 2.00 bits per heavy atom. The number of carbonyl (C=O) groups is 1. The van der Waals surface area contributed by atoms with Crippen molar-refractivity contribution in [1.82, 2.24) is 0 Å². The molecule has 0 N–H and O–H groups in total. The van der Waals surface area contributed by atoms with Gasteiger partial charge in [0.2, 0.25) is 0 Å². The van der Waals surface area contributed by atoms with Crippen LogP contribution in [0.5, 0.6) is 0 Å². The molecule has 0 fully saturated rings. The first kappa shape index (κ1) is 15.4. The van der Waals surface area contributed by atoms with Crippen molar-refractivity contribution < 1.29 is 9.53 Å². The van der Waals surface area contributed by atoms with E-state index in [0.29, 0.717) is 0 Å². The summed E-state index contributed by atoms with van der Waals surface area (Å²) in [7, 11) is 0. The zero-order chi connectivity index (χ0) is 14.7. The Morgan fingerprint density at radius 1 is 1.05 bits per heavy atom. The summed E-state index contributed by atoms with van der Waals surface area (Å²) in [5.41, 5.74) is 1.62. The molecule has 0 amide bonds. The Kier molecular flexibility index (Phi) is 4.51. The van der Waals surface area contributed by atoms with Crippen LogP contribution in [0.1, 0.15) is 47.1 Å². The van der Waals surface area contributed by atoms with Crippen LogP contribution >= 0.6 is 0 Å². The first-order valence-corrected chi connectivity index (χ1v) is 6.45. The van der Waals surface area contributed by atoms with Gasteiger partial charge in [0, 0.05) is 0 Å². The van der Waals surface area contributed by atoms with E-state index in [9.17, 15) is 4.79 Å². The van der Waals surface area contributed by atoms with E-state index in [1.807, 2.05) is 45.0 Å². The normalized spacial score (nSPS) is 12.7. The third-order valence-electron chi connectivity index (χ3n) is 2.46. The zero-order valence-corrected chi connectivity index (χ0v) is 12.7. The van der Waals surface area contributed by atoms with Gasteiger partial charge in [-0.3, -0.25) is 0 Å². The van der Waals surface area contributed by atoms with Gasteiger partial charge in [0.15, 0.2) is 0 Å². The summed E-state index contributed by atoms with van der Waals surface area (Å²) in [6.07, 6.45) is 1.22. The fourth-order valence-corrected chi connectivity index (χ4v) is 1.50. The minimum Gasteiger partial charge on any atom is -0.456 e. The summed E-state index contributed by atoms with van der Waals surface area (Å²) >= 11 is 0. The van der Waals surface area contributed by atoms with Crippen molar-refractivity contribution in [2.45, 2.75) is 52.6 Å². The molecule has 0 aliphatic heterocycles. The first-order chi connectivity index (χ1) is 8.58. The van der Waals surface area contributed by atoms with Crippen LogP contribution in [0.15, 0.2) is 29.3 Å². The number of nitrogens with zero attached hydrogens (tertiary/aromatic N) is 1. The number of esters is 1. The molecule has 19 heavy (non-hydrogen) atoms. The fourth-order valence-electron chi connectivity index (χ4n) is 1.50. The van der Waals surface area contributed by atoms with Crippen molar-refractivity contribution in [1.29, 1.82) is 0 Å². The predicted molar refractivity (Wildman–Crippen MR) is 79.1 cm³/mol. The van der Waals surface area contributed by atoms with Gasteiger partial charge in [-0.05, 0) is 43.9 Å². The van der Waals surface area contributed by atoms with Gasteiger partial charge in [-0.25, -0.2) is 9.79 Å². The molecule has 3 nitrogen and oxygen atoms in total. The van der Waals surface area contributed by atoms with E-state index in [4.69, 9.17) is 4.74 Å². The Hall–Kier alpha value is -1.64. The van der Waals surface area contributed by atoms with E-state index in [1.165, 1.54) is 11.8 Å². The van der Waals surface area contributed by atoms with Crippen LogP contribution in [-0.4, -0.2) is 17.8 Å². The van der Waals surface area contributed by atoms with E-state index < -0.39 is 11.6 Å². The molecule has 0 radical (unpaired) electrons. The summed E-state index contributed by atoms with van der Waals surface area (Å²) in [6.45, 7) is 12.0. The monoisotopic (exact) mass is 261 g/mol. The molecule has 1 rings (SSSR count). The lowest BCUT2D eigenvalue weighted by atomic mass is 9.87. The lowest BCUT2D eigenvalue weighted by molar-refractivity contribution is -0.145. The highest BCUT2D eigenvalue weighted by Gasteiger charge is 2.15. The van der Waals surface area contributed by atoms with E-state index >= 15 is 0 Å². The largest absolute Gasteiger partial charge is 0.456 e. The molecule has 0 saturated carbocycles. The van der Waals surface area contributed by atoms with E-state index in [1.54, 1.807) is 0 Å². The second-order valence-electron chi connectivity index (χ2n) is 6.59. The summed E-state index contributed by atoms with van der Waals surface area (Å²) in [5.74, 6) is -0.424. The number of rotatable bonds is 2. The van der Waals surface area contributed by atoms with E-state index in [-0.39, 0.29) is 5.41 Å². The van der Waals surface area contributed by atoms with Crippen LogP contribution in [-0.2, 0) is 14.9 Å². The second kappa shape index (κ2) is 5.55. The van der Waals surface area contributed by atoms with Crippen molar-refractivity contribution in [2.24, 2.45) is 4.99 Å². The molecular weight excluding hydrogens is 238 g/mol. The van der Waals surface area contributed by atoms with Crippen molar-refractivity contribution in [3.05, 3.63) is 29.8 Å². The molecule has 1 aromatic rings. The number of carbonyl (C=O) groups excluding carboxylic acids is 1. The average Bonchev–Trinajstić information content (AvgIpc) is 2.23. The second-order valence-corrected chi connectivity index (χ2v) is 6.59. The summed E-state index contributed by atoms with van der Waals surface area (Å²) in [6, 6.07) is 7.87. The molecule has 0 saturated heterocycles. The maximum Gasteiger partial charge on any atom is 0.349 e. The fraction of sp³-hybridized carbons (Fsp3) is 0.500. The first-order valence-electron chi connectivity index (χ1n) is 6.45. The Morgan fingerprint density at radius 2 is 1.58 bits per heavy atom. The van der Waals surface area contributed by atoms with Crippen LogP contribution in [0.25, 0.3) is 0 Å². The molecule has 104 valence electrons. The maximum absolute atomic E-state index is 11.5. The molecular formula is C16H23NO2. The van der Waals surface area contributed by atoms with Gasteiger partial charge in [0.05, 0.1) is 5.69 Å². The lowest BCUT2D eigenvalue weighted by Gasteiger charge is -2.18. The number of ether oxygens (including phenoxy) is 1. The van der Waals surface area contributed by atoms with Crippen LogP contribution in [0.4, 0.5) is 5.69 Å². The SMILES string of the molecule is CC(C)(C)OC(=O)C=Nc1ccc(C(C)(C)C)cc1. The molecule has 0 aliphatic rings. The summed E-state index contributed by atoms with van der Waals surface area (Å²) in [5, 5.41) is 0. The highest BCUT2D eigenvalue weighted by atomic mass is 16.6.